The minimum Gasteiger partial charge on any atom is -0.506 e. The summed E-state index contributed by atoms with van der Waals surface area (Å²) in [4.78, 5) is 17.3. The third-order valence-corrected chi connectivity index (χ3v) is 3.40. The molecule has 0 unspecified atom stereocenters. The van der Waals surface area contributed by atoms with Crippen molar-refractivity contribution in [3.63, 3.8) is 0 Å². The number of rotatable bonds is 3. The highest BCUT2D eigenvalue weighted by molar-refractivity contribution is 5.70. The van der Waals surface area contributed by atoms with Crippen LogP contribution in [0, 0.1) is 12.8 Å². The second-order valence-corrected chi connectivity index (χ2v) is 4.81. The summed E-state index contributed by atoms with van der Waals surface area (Å²) in [6.45, 7) is 3.96. The Bertz CT molecular complexity index is 440. The third kappa shape index (κ3) is 2.98. The minimum absolute atomic E-state index is 0.209. The van der Waals surface area contributed by atoms with Crippen LogP contribution in [0.25, 0.3) is 0 Å². The Hall–Kier alpha value is -1.62. The van der Waals surface area contributed by atoms with Crippen molar-refractivity contribution in [3.8, 4) is 5.75 Å². The van der Waals surface area contributed by atoms with Gasteiger partial charge in [-0.1, -0.05) is 0 Å². The molecule has 0 atom stereocenters. The second kappa shape index (κ2) is 5.35. The molecule has 0 amide bonds. The second-order valence-electron chi connectivity index (χ2n) is 4.81. The average Bonchev–Trinajstić information content (AvgIpc) is 2.34. The van der Waals surface area contributed by atoms with Crippen molar-refractivity contribution in [2.45, 2.75) is 26.3 Å². The molecule has 0 bridgehead atoms. The Morgan fingerprint density at radius 1 is 1.44 bits per heavy atom. The maximum atomic E-state index is 10.8. The number of carboxylic acids is 1. The monoisotopic (exact) mass is 250 g/mol. The van der Waals surface area contributed by atoms with E-state index in [-0.39, 0.29) is 11.7 Å². The summed E-state index contributed by atoms with van der Waals surface area (Å²) < 4.78 is 0. The lowest BCUT2D eigenvalue weighted by atomic mass is 9.97. The number of aromatic nitrogens is 1. The van der Waals surface area contributed by atoms with E-state index in [0.29, 0.717) is 25.1 Å². The number of pyridine rings is 1. The standard InChI is InChI=1S/C13H18N2O3/c1-9-2-3-12(16)11(14-9)8-15-6-4-10(5-7-15)13(17)18/h2-3,10,16H,4-8H2,1H3,(H,17,18). The lowest BCUT2D eigenvalue weighted by Crippen LogP contribution is -2.36. The Morgan fingerprint density at radius 3 is 2.72 bits per heavy atom. The van der Waals surface area contributed by atoms with Crippen molar-refractivity contribution < 1.29 is 15.0 Å². The minimum atomic E-state index is -0.703. The zero-order chi connectivity index (χ0) is 13.1. The van der Waals surface area contributed by atoms with E-state index in [0.717, 1.165) is 18.8 Å². The number of hydrogen-bond donors (Lipinski definition) is 2. The van der Waals surface area contributed by atoms with Gasteiger partial charge in [-0.25, -0.2) is 0 Å². The van der Waals surface area contributed by atoms with Gasteiger partial charge in [0.25, 0.3) is 0 Å². The molecule has 0 radical (unpaired) electrons. The molecule has 5 heteroatoms. The fraction of sp³-hybridized carbons (Fsp3) is 0.538. The van der Waals surface area contributed by atoms with Gasteiger partial charge in [-0.2, -0.15) is 0 Å². The van der Waals surface area contributed by atoms with Crippen LogP contribution in [0.4, 0.5) is 0 Å². The van der Waals surface area contributed by atoms with E-state index in [2.05, 4.69) is 9.88 Å². The van der Waals surface area contributed by atoms with Gasteiger partial charge in [0.15, 0.2) is 0 Å². The zero-order valence-electron chi connectivity index (χ0n) is 10.5. The topological polar surface area (TPSA) is 73.7 Å². The van der Waals surface area contributed by atoms with Crippen LogP contribution in [0.1, 0.15) is 24.2 Å². The molecule has 18 heavy (non-hydrogen) atoms. The molecule has 2 rings (SSSR count). The van der Waals surface area contributed by atoms with Gasteiger partial charge in [-0.3, -0.25) is 14.7 Å². The van der Waals surface area contributed by atoms with Crippen LogP contribution in [0.3, 0.4) is 0 Å². The molecule has 2 heterocycles. The number of aromatic hydroxyl groups is 1. The Morgan fingerprint density at radius 2 is 2.11 bits per heavy atom. The fourth-order valence-corrected chi connectivity index (χ4v) is 2.27. The van der Waals surface area contributed by atoms with Crippen LogP contribution >= 0.6 is 0 Å². The van der Waals surface area contributed by atoms with E-state index in [1.54, 1.807) is 12.1 Å². The predicted octanol–water partition coefficient (Wildman–Crippen LogP) is 1.39. The van der Waals surface area contributed by atoms with E-state index in [4.69, 9.17) is 5.11 Å². The Labute approximate surface area is 106 Å². The summed E-state index contributed by atoms with van der Waals surface area (Å²) >= 11 is 0. The molecule has 1 aromatic rings. The first-order chi connectivity index (χ1) is 8.56. The van der Waals surface area contributed by atoms with Crippen LogP contribution in [0.15, 0.2) is 12.1 Å². The molecule has 2 N–H and O–H groups in total. The maximum Gasteiger partial charge on any atom is 0.306 e. The quantitative estimate of drug-likeness (QED) is 0.848. The smallest absolute Gasteiger partial charge is 0.306 e. The molecule has 1 aliphatic heterocycles. The normalized spacial score (nSPS) is 17.8. The van der Waals surface area contributed by atoms with Gasteiger partial charge in [0, 0.05) is 12.2 Å². The van der Waals surface area contributed by atoms with E-state index in [1.165, 1.54) is 0 Å². The van der Waals surface area contributed by atoms with Crippen LogP contribution < -0.4 is 0 Å². The van der Waals surface area contributed by atoms with E-state index >= 15 is 0 Å². The Balaban J connectivity index is 1.95. The van der Waals surface area contributed by atoms with Crippen molar-refractivity contribution in [1.82, 2.24) is 9.88 Å². The number of carbonyl (C=O) groups is 1. The Kier molecular flexibility index (Phi) is 3.81. The molecule has 1 fully saturated rings. The molecule has 98 valence electrons. The van der Waals surface area contributed by atoms with Crippen molar-refractivity contribution in [2.24, 2.45) is 5.92 Å². The summed E-state index contributed by atoms with van der Waals surface area (Å²) in [7, 11) is 0. The van der Waals surface area contributed by atoms with Gasteiger partial charge < -0.3 is 10.2 Å². The predicted molar refractivity (Wildman–Crippen MR) is 66.3 cm³/mol. The molecule has 1 aliphatic rings. The van der Waals surface area contributed by atoms with Crippen molar-refractivity contribution in [2.75, 3.05) is 13.1 Å². The highest BCUT2D eigenvalue weighted by Crippen LogP contribution is 2.22. The largest absolute Gasteiger partial charge is 0.506 e. The van der Waals surface area contributed by atoms with Gasteiger partial charge >= 0.3 is 5.97 Å². The summed E-state index contributed by atoms with van der Waals surface area (Å²) in [5.41, 5.74) is 1.55. The molecule has 0 aliphatic carbocycles. The number of aliphatic carboxylic acids is 1. The van der Waals surface area contributed by atoms with Crippen molar-refractivity contribution in [3.05, 3.63) is 23.5 Å². The first-order valence-electron chi connectivity index (χ1n) is 6.17. The number of aryl methyl sites for hydroxylation is 1. The van der Waals surface area contributed by atoms with E-state index in [9.17, 15) is 9.90 Å². The molecule has 0 spiro atoms. The lowest BCUT2D eigenvalue weighted by molar-refractivity contribution is -0.143. The van der Waals surface area contributed by atoms with Gasteiger partial charge in [0.05, 0.1) is 11.6 Å². The number of nitrogens with zero attached hydrogens (tertiary/aromatic N) is 2. The van der Waals surface area contributed by atoms with Crippen molar-refractivity contribution >= 4 is 5.97 Å². The molecular formula is C13H18N2O3. The SMILES string of the molecule is Cc1ccc(O)c(CN2CCC(C(=O)O)CC2)n1. The van der Waals surface area contributed by atoms with E-state index < -0.39 is 5.97 Å². The van der Waals surface area contributed by atoms with Gasteiger partial charge in [0.1, 0.15) is 5.75 Å². The summed E-state index contributed by atoms with van der Waals surface area (Å²) in [6, 6.07) is 3.43. The molecule has 1 saturated heterocycles. The van der Waals surface area contributed by atoms with Gasteiger partial charge in [0.2, 0.25) is 0 Å². The summed E-state index contributed by atoms with van der Waals surface area (Å²) in [6.07, 6.45) is 1.34. The van der Waals surface area contributed by atoms with Gasteiger partial charge in [-0.05, 0) is 45.0 Å². The van der Waals surface area contributed by atoms with Crippen molar-refractivity contribution in [1.29, 1.82) is 0 Å². The fourth-order valence-electron chi connectivity index (χ4n) is 2.27. The highest BCUT2D eigenvalue weighted by atomic mass is 16.4. The lowest BCUT2D eigenvalue weighted by Gasteiger charge is -2.29. The molecule has 0 aromatic carbocycles. The first kappa shape index (κ1) is 12.8. The maximum absolute atomic E-state index is 10.8. The number of likely N-dealkylation sites (tertiary alicyclic amines) is 1. The van der Waals surface area contributed by atoms with Crippen LogP contribution in [0.2, 0.25) is 0 Å². The zero-order valence-corrected chi connectivity index (χ0v) is 10.5. The first-order valence-corrected chi connectivity index (χ1v) is 6.17. The molecule has 5 nitrogen and oxygen atoms in total. The number of carboxylic acid groups (broad SMARTS) is 1. The van der Waals surface area contributed by atoms with Crippen LogP contribution in [0.5, 0.6) is 5.75 Å². The van der Waals surface area contributed by atoms with E-state index in [1.807, 2.05) is 6.92 Å². The number of piperidine rings is 1. The summed E-state index contributed by atoms with van der Waals surface area (Å²) in [5, 5.41) is 18.6. The molecule has 1 aromatic heterocycles. The molecular weight excluding hydrogens is 232 g/mol. The van der Waals surface area contributed by atoms with Crippen LogP contribution in [-0.2, 0) is 11.3 Å². The third-order valence-electron chi connectivity index (χ3n) is 3.40. The average molecular weight is 250 g/mol. The number of hydrogen-bond acceptors (Lipinski definition) is 4. The van der Waals surface area contributed by atoms with Crippen LogP contribution in [-0.4, -0.2) is 39.2 Å². The molecule has 0 saturated carbocycles. The van der Waals surface area contributed by atoms with Gasteiger partial charge in [-0.15, -0.1) is 0 Å². The summed E-state index contributed by atoms with van der Waals surface area (Å²) in [5.74, 6) is -0.715. The highest BCUT2D eigenvalue weighted by Gasteiger charge is 2.24.